The van der Waals surface area contributed by atoms with Crippen LogP contribution in [-0.4, -0.2) is 35.7 Å². The zero-order valence-corrected chi connectivity index (χ0v) is 17.0. The predicted octanol–water partition coefficient (Wildman–Crippen LogP) is 3.45. The fourth-order valence-electron chi connectivity index (χ4n) is 3.92. The molecule has 0 aromatic heterocycles. The van der Waals surface area contributed by atoms with E-state index >= 15 is 0 Å². The SMILES string of the molecule is CC(C)Sc1ccc(CC(=O)NC2CC3C(=O)Nc4ccccc4N3C2)cc1. The molecule has 1 fully saturated rings. The lowest BCUT2D eigenvalue weighted by atomic mass is 10.1. The van der Waals surface area contributed by atoms with E-state index in [-0.39, 0.29) is 23.9 Å². The van der Waals surface area contributed by atoms with E-state index in [1.165, 1.54) is 4.90 Å². The zero-order chi connectivity index (χ0) is 19.7. The molecule has 4 rings (SSSR count). The Hall–Kier alpha value is -2.47. The van der Waals surface area contributed by atoms with E-state index in [0.717, 1.165) is 16.9 Å². The Morgan fingerprint density at radius 2 is 1.96 bits per heavy atom. The number of anilines is 2. The van der Waals surface area contributed by atoms with Crippen LogP contribution in [0.3, 0.4) is 0 Å². The maximum absolute atomic E-state index is 12.5. The Bertz CT molecular complexity index is 882. The number of rotatable bonds is 5. The first-order valence-corrected chi connectivity index (χ1v) is 10.6. The second kappa shape index (κ2) is 7.87. The van der Waals surface area contributed by atoms with Crippen LogP contribution in [0.2, 0.25) is 0 Å². The standard InChI is InChI=1S/C22H25N3O2S/c1-14(2)28-17-9-7-15(8-10-17)11-21(26)23-16-12-20-22(27)24-18-5-3-4-6-19(18)25(20)13-16/h3-10,14,16,20H,11-13H2,1-2H3,(H,23,26)(H,24,27). The normalized spacial score (nSPS) is 20.5. The van der Waals surface area contributed by atoms with Crippen molar-refractivity contribution in [1.29, 1.82) is 0 Å². The minimum absolute atomic E-state index is 0.00260. The number of hydrogen-bond acceptors (Lipinski definition) is 4. The minimum atomic E-state index is -0.215. The van der Waals surface area contributed by atoms with Gasteiger partial charge in [0.2, 0.25) is 11.8 Å². The van der Waals surface area contributed by atoms with Gasteiger partial charge in [0.05, 0.1) is 17.8 Å². The largest absolute Gasteiger partial charge is 0.356 e. The van der Waals surface area contributed by atoms with E-state index in [4.69, 9.17) is 0 Å². The van der Waals surface area contributed by atoms with E-state index < -0.39 is 0 Å². The molecule has 2 amide bonds. The third kappa shape index (κ3) is 4.02. The lowest BCUT2D eigenvalue weighted by Crippen LogP contribution is -2.44. The van der Waals surface area contributed by atoms with Gasteiger partial charge in [0.25, 0.3) is 0 Å². The molecular weight excluding hydrogens is 370 g/mol. The Balaban J connectivity index is 1.37. The van der Waals surface area contributed by atoms with Crippen LogP contribution in [0.25, 0.3) is 0 Å². The molecule has 0 spiro atoms. The second-order valence-electron chi connectivity index (χ2n) is 7.66. The molecule has 2 N–H and O–H groups in total. The van der Waals surface area contributed by atoms with Gasteiger partial charge in [-0.05, 0) is 36.2 Å². The van der Waals surface area contributed by atoms with E-state index in [9.17, 15) is 9.59 Å². The van der Waals surface area contributed by atoms with Gasteiger partial charge in [-0.3, -0.25) is 9.59 Å². The molecule has 2 aliphatic rings. The maximum Gasteiger partial charge on any atom is 0.247 e. The van der Waals surface area contributed by atoms with E-state index in [1.54, 1.807) is 0 Å². The third-order valence-electron chi connectivity index (χ3n) is 5.10. The van der Waals surface area contributed by atoms with Gasteiger partial charge in [-0.2, -0.15) is 0 Å². The third-order valence-corrected chi connectivity index (χ3v) is 6.12. The van der Waals surface area contributed by atoms with Gasteiger partial charge in [0.1, 0.15) is 6.04 Å². The van der Waals surface area contributed by atoms with Gasteiger partial charge >= 0.3 is 0 Å². The fraction of sp³-hybridized carbons (Fsp3) is 0.364. The summed E-state index contributed by atoms with van der Waals surface area (Å²) in [6.07, 6.45) is 0.993. The molecule has 0 saturated carbocycles. The molecule has 0 radical (unpaired) electrons. The number of nitrogens with zero attached hydrogens (tertiary/aromatic N) is 1. The van der Waals surface area contributed by atoms with Crippen LogP contribution in [0.15, 0.2) is 53.4 Å². The van der Waals surface area contributed by atoms with Crippen LogP contribution < -0.4 is 15.5 Å². The van der Waals surface area contributed by atoms with Gasteiger partial charge in [0.15, 0.2) is 0 Å². The van der Waals surface area contributed by atoms with Crippen LogP contribution in [0.4, 0.5) is 11.4 Å². The molecular formula is C22H25N3O2S. The highest BCUT2D eigenvalue weighted by Gasteiger charge is 2.41. The van der Waals surface area contributed by atoms with Crippen LogP contribution in [0.5, 0.6) is 0 Å². The second-order valence-corrected chi connectivity index (χ2v) is 9.31. The van der Waals surface area contributed by atoms with Crippen molar-refractivity contribution in [3.05, 3.63) is 54.1 Å². The summed E-state index contributed by atoms with van der Waals surface area (Å²) in [4.78, 5) is 28.3. The lowest BCUT2D eigenvalue weighted by molar-refractivity contribution is -0.121. The highest BCUT2D eigenvalue weighted by atomic mass is 32.2. The van der Waals surface area contributed by atoms with Crippen molar-refractivity contribution in [2.45, 2.75) is 48.9 Å². The molecule has 2 unspecified atom stereocenters. The molecule has 28 heavy (non-hydrogen) atoms. The summed E-state index contributed by atoms with van der Waals surface area (Å²) in [7, 11) is 0. The smallest absolute Gasteiger partial charge is 0.247 e. The van der Waals surface area contributed by atoms with Crippen molar-refractivity contribution < 1.29 is 9.59 Å². The van der Waals surface area contributed by atoms with Gasteiger partial charge in [-0.15, -0.1) is 11.8 Å². The number of nitrogens with one attached hydrogen (secondary N) is 2. The Labute approximate surface area is 169 Å². The molecule has 5 nitrogen and oxygen atoms in total. The van der Waals surface area contributed by atoms with Crippen molar-refractivity contribution in [2.24, 2.45) is 0 Å². The molecule has 0 aliphatic carbocycles. The highest BCUT2D eigenvalue weighted by molar-refractivity contribution is 7.99. The van der Waals surface area contributed by atoms with E-state index in [2.05, 4.69) is 41.5 Å². The fourth-order valence-corrected chi connectivity index (χ4v) is 4.76. The maximum atomic E-state index is 12.5. The van der Waals surface area contributed by atoms with Crippen LogP contribution >= 0.6 is 11.8 Å². The summed E-state index contributed by atoms with van der Waals surface area (Å²) < 4.78 is 0. The van der Waals surface area contributed by atoms with E-state index in [0.29, 0.717) is 24.6 Å². The first-order chi connectivity index (χ1) is 13.5. The summed E-state index contributed by atoms with van der Waals surface area (Å²) in [5, 5.41) is 6.62. The van der Waals surface area contributed by atoms with Gasteiger partial charge < -0.3 is 15.5 Å². The number of hydrogen-bond donors (Lipinski definition) is 2. The predicted molar refractivity (Wildman–Crippen MR) is 114 cm³/mol. The Morgan fingerprint density at radius 3 is 2.71 bits per heavy atom. The quantitative estimate of drug-likeness (QED) is 0.762. The molecule has 146 valence electrons. The molecule has 2 aromatic rings. The summed E-state index contributed by atoms with van der Waals surface area (Å²) in [5.41, 5.74) is 2.88. The van der Waals surface area contributed by atoms with Crippen molar-refractivity contribution in [1.82, 2.24) is 5.32 Å². The Morgan fingerprint density at radius 1 is 1.21 bits per heavy atom. The number of amides is 2. The number of thioether (sulfide) groups is 1. The lowest BCUT2D eigenvalue weighted by Gasteiger charge is -2.32. The molecule has 0 bridgehead atoms. The molecule has 2 aliphatic heterocycles. The summed E-state index contributed by atoms with van der Waals surface area (Å²) in [5.74, 6) is 0.0106. The van der Waals surface area contributed by atoms with Crippen molar-refractivity contribution in [2.75, 3.05) is 16.8 Å². The van der Waals surface area contributed by atoms with Crippen molar-refractivity contribution >= 4 is 35.0 Å². The number of benzene rings is 2. The van der Waals surface area contributed by atoms with Crippen LogP contribution in [-0.2, 0) is 16.0 Å². The van der Waals surface area contributed by atoms with E-state index in [1.807, 2.05) is 48.2 Å². The number of fused-ring (bicyclic) bond motifs is 3. The average molecular weight is 396 g/mol. The monoisotopic (exact) mass is 395 g/mol. The number of carbonyl (C=O) groups excluding carboxylic acids is 2. The highest BCUT2D eigenvalue weighted by Crippen LogP contribution is 2.36. The molecule has 2 aromatic carbocycles. The topological polar surface area (TPSA) is 61.4 Å². The number of para-hydroxylation sites is 2. The average Bonchev–Trinajstić information content (AvgIpc) is 3.07. The summed E-state index contributed by atoms with van der Waals surface area (Å²) in [6.45, 7) is 4.99. The first kappa shape index (κ1) is 18.9. The van der Waals surface area contributed by atoms with Crippen molar-refractivity contribution in [3.8, 4) is 0 Å². The zero-order valence-electron chi connectivity index (χ0n) is 16.1. The van der Waals surface area contributed by atoms with Gasteiger partial charge in [-0.25, -0.2) is 0 Å². The Kier molecular flexibility index (Phi) is 5.31. The van der Waals surface area contributed by atoms with Crippen LogP contribution in [0, 0.1) is 0 Å². The summed E-state index contributed by atoms with van der Waals surface area (Å²) in [6, 6.07) is 15.8. The minimum Gasteiger partial charge on any atom is -0.356 e. The van der Waals surface area contributed by atoms with Crippen molar-refractivity contribution in [3.63, 3.8) is 0 Å². The molecule has 2 heterocycles. The molecule has 6 heteroatoms. The first-order valence-electron chi connectivity index (χ1n) is 9.71. The number of carbonyl (C=O) groups is 2. The molecule has 2 atom stereocenters. The molecule has 1 saturated heterocycles. The van der Waals surface area contributed by atoms with Crippen LogP contribution in [0.1, 0.15) is 25.8 Å². The van der Waals surface area contributed by atoms with Gasteiger partial charge in [-0.1, -0.05) is 38.1 Å². The summed E-state index contributed by atoms with van der Waals surface area (Å²) >= 11 is 1.81. The van der Waals surface area contributed by atoms with Gasteiger partial charge in [0, 0.05) is 22.7 Å².